The van der Waals surface area contributed by atoms with Crippen LogP contribution < -0.4 is 0 Å². The Morgan fingerprint density at radius 3 is 1.26 bits per heavy atom. The maximum absolute atomic E-state index is 10.6. The van der Waals surface area contributed by atoms with Crippen molar-refractivity contribution in [3.63, 3.8) is 0 Å². The van der Waals surface area contributed by atoms with Crippen LogP contribution in [-0.2, 0) is 10.0 Å². The molecule has 1 atom stereocenters. The lowest BCUT2D eigenvalue weighted by Gasteiger charge is -2.02. The number of rotatable bonds is 15. The molecule has 0 spiro atoms. The van der Waals surface area contributed by atoms with Crippen molar-refractivity contribution in [3.8, 4) is 0 Å². The third kappa shape index (κ3) is 18.4. The SMILES string of the molecule is CCCCCCCCCCCCCCCCS(=O)Cl. The highest BCUT2D eigenvalue weighted by Crippen LogP contribution is 2.13. The Labute approximate surface area is 127 Å². The fourth-order valence-electron chi connectivity index (χ4n) is 2.41. The molecule has 0 aliphatic heterocycles. The molecule has 19 heavy (non-hydrogen) atoms. The fourth-order valence-corrected chi connectivity index (χ4v) is 3.17. The minimum Gasteiger partial charge on any atom is -0.243 e. The maximum Gasteiger partial charge on any atom is 0.114 e. The second-order valence-electron chi connectivity index (χ2n) is 5.59. The molecule has 0 N–H and O–H groups in total. The summed E-state index contributed by atoms with van der Waals surface area (Å²) in [5, 5.41) is 0. The van der Waals surface area contributed by atoms with Crippen molar-refractivity contribution in [1.29, 1.82) is 0 Å². The summed E-state index contributed by atoms with van der Waals surface area (Å²) in [7, 11) is 4.29. The summed E-state index contributed by atoms with van der Waals surface area (Å²) in [5.41, 5.74) is 0. The van der Waals surface area contributed by atoms with Gasteiger partial charge in [-0.1, -0.05) is 90.4 Å². The van der Waals surface area contributed by atoms with Crippen molar-refractivity contribution in [2.75, 3.05) is 5.75 Å². The van der Waals surface area contributed by atoms with Gasteiger partial charge >= 0.3 is 0 Å². The van der Waals surface area contributed by atoms with Crippen LogP contribution in [0.5, 0.6) is 0 Å². The Morgan fingerprint density at radius 1 is 0.632 bits per heavy atom. The summed E-state index contributed by atoms with van der Waals surface area (Å²) < 4.78 is 10.6. The predicted octanol–water partition coefficient (Wildman–Crippen LogP) is 6.37. The highest BCUT2D eigenvalue weighted by molar-refractivity contribution is 8.08. The topological polar surface area (TPSA) is 17.1 Å². The fraction of sp³-hybridized carbons (Fsp3) is 1.00. The van der Waals surface area contributed by atoms with Crippen LogP contribution in [0.1, 0.15) is 96.8 Å². The molecule has 0 amide bonds. The zero-order valence-corrected chi connectivity index (χ0v) is 14.4. The van der Waals surface area contributed by atoms with Gasteiger partial charge in [-0.05, 0) is 17.1 Å². The molecule has 0 aliphatic rings. The standard InChI is InChI=1S/C16H33ClOS/c1-2-3-4-5-6-7-8-9-10-11-12-13-14-15-16-19(17)18/h2-16H2,1H3. The molecular formula is C16H33ClOS. The molecule has 0 saturated heterocycles. The molecule has 0 heterocycles. The third-order valence-electron chi connectivity index (χ3n) is 3.66. The van der Waals surface area contributed by atoms with Crippen LogP contribution in [0.25, 0.3) is 0 Å². The van der Waals surface area contributed by atoms with Gasteiger partial charge in [0.05, 0.1) is 0 Å². The average Bonchev–Trinajstić information content (AvgIpc) is 2.39. The van der Waals surface area contributed by atoms with Gasteiger partial charge in [-0.25, -0.2) is 4.21 Å². The predicted molar refractivity (Wildman–Crippen MR) is 89.2 cm³/mol. The number of hydrogen-bond donors (Lipinski definition) is 0. The van der Waals surface area contributed by atoms with E-state index in [0.29, 0.717) is 5.75 Å². The zero-order chi connectivity index (χ0) is 14.2. The third-order valence-corrected chi connectivity index (χ3v) is 4.73. The highest BCUT2D eigenvalue weighted by Gasteiger charge is 1.95. The molecule has 3 heteroatoms. The Balaban J connectivity index is 2.93. The van der Waals surface area contributed by atoms with Crippen molar-refractivity contribution in [3.05, 3.63) is 0 Å². The van der Waals surface area contributed by atoms with Crippen LogP contribution in [0.15, 0.2) is 0 Å². The lowest BCUT2D eigenvalue weighted by atomic mass is 10.0. The first kappa shape index (κ1) is 19.4. The van der Waals surface area contributed by atoms with E-state index in [2.05, 4.69) is 6.92 Å². The highest BCUT2D eigenvalue weighted by atomic mass is 35.7. The van der Waals surface area contributed by atoms with Gasteiger partial charge in [0.1, 0.15) is 10.0 Å². The van der Waals surface area contributed by atoms with Crippen molar-refractivity contribution < 1.29 is 4.21 Å². The molecule has 0 rings (SSSR count). The van der Waals surface area contributed by atoms with Gasteiger partial charge < -0.3 is 0 Å². The molecule has 0 radical (unpaired) electrons. The lowest BCUT2D eigenvalue weighted by molar-refractivity contribution is 0.538. The molecule has 1 nitrogen and oxygen atoms in total. The van der Waals surface area contributed by atoms with E-state index < -0.39 is 10.0 Å². The van der Waals surface area contributed by atoms with Crippen LogP contribution >= 0.6 is 10.7 Å². The van der Waals surface area contributed by atoms with E-state index in [1.807, 2.05) is 0 Å². The van der Waals surface area contributed by atoms with Gasteiger partial charge in [0.15, 0.2) is 0 Å². The van der Waals surface area contributed by atoms with Crippen LogP contribution in [0.4, 0.5) is 0 Å². The lowest BCUT2D eigenvalue weighted by Crippen LogP contribution is -1.89. The Hall–Kier alpha value is 0.440. The molecule has 0 aromatic rings. The maximum atomic E-state index is 10.6. The summed E-state index contributed by atoms with van der Waals surface area (Å²) in [6.07, 6.45) is 19.0. The molecule has 0 fully saturated rings. The summed E-state index contributed by atoms with van der Waals surface area (Å²) in [6, 6.07) is 0. The first-order valence-corrected chi connectivity index (χ1v) is 10.5. The number of halogens is 1. The summed E-state index contributed by atoms with van der Waals surface area (Å²) in [6.45, 7) is 2.27. The van der Waals surface area contributed by atoms with Gasteiger partial charge in [-0.2, -0.15) is 0 Å². The summed E-state index contributed by atoms with van der Waals surface area (Å²) in [4.78, 5) is 0. The van der Waals surface area contributed by atoms with Gasteiger partial charge in [0.2, 0.25) is 0 Å². The van der Waals surface area contributed by atoms with Crippen LogP contribution in [-0.4, -0.2) is 9.96 Å². The molecule has 0 aliphatic carbocycles. The van der Waals surface area contributed by atoms with E-state index in [1.54, 1.807) is 0 Å². The molecule has 0 bridgehead atoms. The zero-order valence-electron chi connectivity index (χ0n) is 12.8. The molecule has 0 aromatic heterocycles. The van der Waals surface area contributed by atoms with Crippen LogP contribution in [0, 0.1) is 0 Å². The molecule has 0 aromatic carbocycles. The van der Waals surface area contributed by atoms with E-state index in [9.17, 15) is 4.21 Å². The minimum absolute atomic E-state index is 0.666. The van der Waals surface area contributed by atoms with Crippen LogP contribution in [0.3, 0.4) is 0 Å². The first-order chi connectivity index (χ1) is 9.27. The Bertz CT molecular complexity index is 197. The van der Waals surface area contributed by atoms with E-state index in [1.165, 1.54) is 83.5 Å². The van der Waals surface area contributed by atoms with Crippen molar-refractivity contribution in [2.45, 2.75) is 96.8 Å². The normalized spacial score (nSPS) is 12.7. The number of unbranched alkanes of at least 4 members (excludes halogenated alkanes) is 13. The Kier molecular flexibility index (Phi) is 16.9. The quantitative estimate of drug-likeness (QED) is 0.254. The van der Waals surface area contributed by atoms with Crippen molar-refractivity contribution >= 4 is 20.7 Å². The van der Waals surface area contributed by atoms with E-state index >= 15 is 0 Å². The first-order valence-electron chi connectivity index (χ1n) is 8.32. The average molecular weight is 309 g/mol. The summed E-state index contributed by atoms with van der Waals surface area (Å²) >= 11 is 0. The van der Waals surface area contributed by atoms with E-state index in [0.717, 1.165) is 6.42 Å². The Morgan fingerprint density at radius 2 is 0.947 bits per heavy atom. The molecule has 1 unspecified atom stereocenters. The van der Waals surface area contributed by atoms with Gasteiger partial charge in [-0.3, -0.25) is 0 Å². The van der Waals surface area contributed by atoms with Gasteiger partial charge in [-0.15, -0.1) is 0 Å². The van der Waals surface area contributed by atoms with E-state index in [4.69, 9.17) is 10.7 Å². The molecule has 0 saturated carbocycles. The molecular weight excluding hydrogens is 276 g/mol. The minimum atomic E-state index is -1.11. The monoisotopic (exact) mass is 308 g/mol. The second-order valence-corrected chi connectivity index (χ2v) is 7.61. The largest absolute Gasteiger partial charge is 0.243 e. The smallest absolute Gasteiger partial charge is 0.114 e. The second kappa shape index (κ2) is 16.5. The number of hydrogen-bond acceptors (Lipinski definition) is 1. The van der Waals surface area contributed by atoms with Crippen LogP contribution in [0.2, 0.25) is 0 Å². The summed E-state index contributed by atoms with van der Waals surface area (Å²) in [5.74, 6) is 0.666. The van der Waals surface area contributed by atoms with Crippen molar-refractivity contribution in [2.24, 2.45) is 0 Å². The van der Waals surface area contributed by atoms with Gasteiger partial charge in [0, 0.05) is 5.75 Å². The van der Waals surface area contributed by atoms with Crippen molar-refractivity contribution in [1.82, 2.24) is 0 Å². The molecule has 116 valence electrons. The van der Waals surface area contributed by atoms with Gasteiger partial charge in [0.25, 0.3) is 0 Å². The van der Waals surface area contributed by atoms with E-state index in [-0.39, 0.29) is 0 Å².